The van der Waals surface area contributed by atoms with Crippen LogP contribution >= 0.6 is 0 Å². The number of aryl methyl sites for hydroxylation is 1. The van der Waals surface area contributed by atoms with E-state index in [1.165, 1.54) is 12.1 Å². The van der Waals surface area contributed by atoms with Crippen molar-refractivity contribution in [3.63, 3.8) is 0 Å². The molecule has 0 aliphatic rings. The summed E-state index contributed by atoms with van der Waals surface area (Å²) in [5, 5.41) is 2.89. The van der Waals surface area contributed by atoms with Crippen LogP contribution in [0.15, 0.2) is 36.4 Å². The molecule has 4 heteroatoms. The molecule has 17 heavy (non-hydrogen) atoms. The number of nitrogens with two attached hydrogens (primary N) is 1. The van der Waals surface area contributed by atoms with Crippen molar-refractivity contribution in [1.82, 2.24) is 0 Å². The van der Waals surface area contributed by atoms with E-state index in [1.54, 1.807) is 6.07 Å². The monoisotopic (exact) mass is 234 g/mol. The Morgan fingerprint density at radius 3 is 2.29 bits per heavy atom. The van der Waals surface area contributed by atoms with Crippen LogP contribution in [0.1, 0.15) is 5.56 Å². The minimum absolute atomic E-state index is 0.333. The lowest BCUT2D eigenvalue weighted by Crippen LogP contribution is -1.97. The highest BCUT2D eigenvalue weighted by Gasteiger charge is 2.03. The number of rotatable bonds is 2. The van der Waals surface area contributed by atoms with Crippen LogP contribution in [0.4, 0.5) is 25.8 Å². The quantitative estimate of drug-likeness (QED) is 0.779. The topological polar surface area (TPSA) is 38.0 Å². The van der Waals surface area contributed by atoms with Crippen LogP contribution in [0.25, 0.3) is 0 Å². The van der Waals surface area contributed by atoms with Crippen LogP contribution in [0.2, 0.25) is 0 Å². The van der Waals surface area contributed by atoms with Gasteiger partial charge in [-0.25, -0.2) is 8.78 Å². The molecule has 0 bridgehead atoms. The molecule has 0 radical (unpaired) electrons. The maximum absolute atomic E-state index is 13.0. The first-order valence-corrected chi connectivity index (χ1v) is 5.14. The van der Waals surface area contributed by atoms with Gasteiger partial charge in [0.05, 0.1) is 11.4 Å². The lowest BCUT2D eigenvalue weighted by Gasteiger charge is -2.10. The Morgan fingerprint density at radius 2 is 1.65 bits per heavy atom. The van der Waals surface area contributed by atoms with Crippen LogP contribution < -0.4 is 11.1 Å². The Morgan fingerprint density at radius 1 is 1.00 bits per heavy atom. The summed E-state index contributed by atoms with van der Waals surface area (Å²) in [5.41, 5.74) is 8.27. The first kappa shape index (κ1) is 11.4. The number of benzene rings is 2. The molecule has 0 spiro atoms. The van der Waals surface area contributed by atoms with Gasteiger partial charge < -0.3 is 11.1 Å². The summed E-state index contributed by atoms with van der Waals surface area (Å²) in [5.74, 6) is -1.25. The van der Waals surface area contributed by atoms with Crippen LogP contribution in [0.3, 0.4) is 0 Å². The molecule has 2 nitrogen and oxygen atoms in total. The van der Waals surface area contributed by atoms with Crippen molar-refractivity contribution in [2.24, 2.45) is 0 Å². The van der Waals surface area contributed by atoms with Crippen molar-refractivity contribution < 1.29 is 8.78 Å². The Balaban J connectivity index is 2.34. The first-order chi connectivity index (χ1) is 8.04. The van der Waals surface area contributed by atoms with E-state index in [0.717, 1.165) is 11.6 Å². The number of nitrogen functional groups attached to an aromatic ring is 1. The summed E-state index contributed by atoms with van der Waals surface area (Å²) in [6.45, 7) is 1.91. The van der Waals surface area contributed by atoms with Crippen molar-refractivity contribution >= 4 is 17.1 Å². The summed E-state index contributed by atoms with van der Waals surface area (Å²) < 4.78 is 26.0. The molecule has 2 aromatic carbocycles. The van der Waals surface area contributed by atoms with Crippen molar-refractivity contribution in [3.05, 3.63) is 53.6 Å². The van der Waals surface area contributed by atoms with Crippen LogP contribution in [0, 0.1) is 18.6 Å². The molecule has 0 atom stereocenters. The van der Waals surface area contributed by atoms with Crippen molar-refractivity contribution in [1.29, 1.82) is 0 Å². The third-order valence-electron chi connectivity index (χ3n) is 2.35. The van der Waals surface area contributed by atoms with E-state index in [1.807, 2.05) is 19.1 Å². The zero-order valence-electron chi connectivity index (χ0n) is 9.30. The largest absolute Gasteiger partial charge is 0.397 e. The predicted octanol–water partition coefficient (Wildman–Crippen LogP) is 3.60. The van der Waals surface area contributed by atoms with Crippen LogP contribution in [-0.4, -0.2) is 0 Å². The minimum atomic E-state index is -0.626. The van der Waals surface area contributed by atoms with E-state index >= 15 is 0 Å². The smallest absolute Gasteiger partial charge is 0.128 e. The molecule has 2 rings (SSSR count). The Labute approximate surface area is 98.1 Å². The predicted molar refractivity (Wildman–Crippen MR) is 65.2 cm³/mol. The molecule has 0 aromatic heterocycles. The van der Waals surface area contributed by atoms with E-state index in [-0.39, 0.29) is 0 Å². The highest BCUT2D eigenvalue weighted by molar-refractivity contribution is 5.73. The molecule has 88 valence electrons. The summed E-state index contributed by atoms with van der Waals surface area (Å²) in [6.07, 6.45) is 0. The fraction of sp³-hybridized carbons (Fsp3) is 0.0769. The molecule has 0 aliphatic carbocycles. The second-order valence-electron chi connectivity index (χ2n) is 3.87. The number of halogens is 2. The van der Waals surface area contributed by atoms with Crippen LogP contribution in [-0.2, 0) is 0 Å². The summed E-state index contributed by atoms with van der Waals surface area (Å²) >= 11 is 0. The summed E-state index contributed by atoms with van der Waals surface area (Å²) in [6, 6.07) is 8.68. The maximum atomic E-state index is 13.0. The second-order valence-corrected chi connectivity index (χ2v) is 3.87. The van der Waals surface area contributed by atoms with Crippen molar-refractivity contribution in [3.8, 4) is 0 Å². The lowest BCUT2D eigenvalue weighted by atomic mass is 10.2. The Hall–Kier alpha value is -2.10. The Bertz CT molecular complexity index is 533. The van der Waals surface area contributed by atoms with E-state index < -0.39 is 11.6 Å². The van der Waals surface area contributed by atoms with Gasteiger partial charge in [-0.05, 0) is 36.8 Å². The fourth-order valence-corrected chi connectivity index (χ4v) is 1.56. The van der Waals surface area contributed by atoms with Gasteiger partial charge in [0.25, 0.3) is 0 Å². The number of nitrogens with one attached hydrogen (secondary N) is 1. The van der Waals surface area contributed by atoms with Gasteiger partial charge in [-0.15, -0.1) is 0 Å². The Kier molecular flexibility index (Phi) is 2.95. The highest BCUT2D eigenvalue weighted by Crippen LogP contribution is 2.25. The van der Waals surface area contributed by atoms with Gasteiger partial charge in [-0.3, -0.25) is 0 Å². The molecular formula is C13H12F2N2. The molecule has 0 amide bonds. The third kappa shape index (κ3) is 2.72. The molecule has 0 saturated heterocycles. The number of anilines is 3. The molecule has 0 saturated carbocycles. The molecule has 0 heterocycles. The average Bonchev–Trinajstić information content (AvgIpc) is 2.22. The van der Waals surface area contributed by atoms with Gasteiger partial charge in [-0.1, -0.05) is 6.07 Å². The normalized spacial score (nSPS) is 10.3. The standard InChI is InChI=1S/C13H12F2N2/c1-8-2-3-12(16)13(4-8)17-11-6-9(14)5-10(15)7-11/h2-7,17H,16H2,1H3. The van der Waals surface area contributed by atoms with Gasteiger partial charge in [0, 0.05) is 11.8 Å². The highest BCUT2D eigenvalue weighted by atomic mass is 19.1. The molecule has 0 aliphatic heterocycles. The molecular weight excluding hydrogens is 222 g/mol. The van der Waals surface area contributed by atoms with Gasteiger partial charge in [0.15, 0.2) is 0 Å². The summed E-state index contributed by atoms with van der Waals surface area (Å²) in [7, 11) is 0. The van der Waals surface area contributed by atoms with E-state index in [9.17, 15) is 8.78 Å². The second kappa shape index (κ2) is 4.41. The zero-order chi connectivity index (χ0) is 12.4. The van der Waals surface area contributed by atoms with Gasteiger partial charge in [0.1, 0.15) is 11.6 Å². The van der Waals surface area contributed by atoms with Crippen LogP contribution in [0.5, 0.6) is 0 Å². The lowest BCUT2D eigenvalue weighted by molar-refractivity contribution is 0.584. The average molecular weight is 234 g/mol. The zero-order valence-corrected chi connectivity index (χ0v) is 9.30. The van der Waals surface area contributed by atoms with E-state index in [0.29, 0.717) is 17.1 Å². The van der Waals surface area contributed by atoms with Crippen molar-refractivity contribution in [2.75, 3.05) is 11.1 Å². The first-order valence-electron chi connectivity index (χ1n) is 5.14. The number of hydrogen-bond donors (Lipinski definition) is 2. The van der Waals surface area contributed by atoms with Crippen molar-refractivity contribution in [2.45, 2.75) is 6.92 Å². The maximum Gasteiger partial charge on any atom is 0.128 e. The minimum Gasteiger partial charge on any atom is -0.397 e. The molecule has 0 fully saturated rings. The number of hydrogen-bond acceptors (Lipinski definition) is 2. The molecule has 0 unspecified atom stereocenters. The molecule has 2 aromatic rings. The SMILES string of the molecule is Cc1ccc(N)c(Nc2cc(F)cc(F)c2)c1. The molecule has 3 N–H and O–H groups in total. The fourth-order valence-electron chi connectivity index (χ4n) is 1.56. The van der Waals surface area contributed by atoms with E-state index in [2.05, 4.69) is 5.32 Å². The van der Waals surface area contributed by atoms with Gasteiger partial charge in [0.2, 0.25) is 0 Å². The summed E-state index contributed by atoms with van der Waals surface area (Å²) in [4.78, 5) is 0. The van der Waals surface area contributed by atoms with E-state index in [4.69, 9.17) is 5.73 Å². The van der Waals surface area contributed by atoms with Gasteiger partial charge >= 0.3 is 0 Å². The third-order valence-corrected chi connectivity index (χ3v) is 2.35. The van der Waals surface area contributed by atoms with Gasteiger partial charge in [-0.2, -0.15) is 0 Å².